The van der Waals surface area contributed by atoms with Crippen LogP contribution in [0.15, 0.2) is 84.0 Å². The molecule has 0 bridgehead atoms. The fourth-order valence-electron chi connectivity index (χ4n) is 3.31. The van der Waals surface area contributed by atoms with E-state index in [1.165, 1.54) is 12.1 Å². The molecule has 2 amide bonds. The average Bonchev–Trinajstić information content (AvgIpc) is 3.29. The Morgan fingerprint density at radius 3 is 2.38 bits per heavy atom. The highest BCUT2D eigenvalue weighted by Gasteiger charge is 2.30. The largest absolute Gasteiger partial charge is 0.416 e. The molecule has 1 aromatic heterocycles. The number of hydrogen-bond acceptors (Lipinski definition) is 5. The van der Waals surface area contributed by atoms with Crippen LogP contribution in [0.25, 0.3) is 5.69 Å². The van der Waals surface area contributed by atoms with E-state index in [9.17, 15) is 22.8 Å². The van der Waals surface area contributed by atoms with E-state index in [0.717, 1.165) is 23.9 Å². The van der Waals surface area contributed by atoms with Gasteiger partial charge < -0.3 is 10.6 Å². The Bertz CT molecular complexity index is 1400. The Labute approximate surface area is 219 Å². The first-order valence-electron chi connectivity index (χ1n) is 10.8. The molecule has 7 nitrogen and oxygen atoms in total. The van der Waals surface area contributed by atoms with Crippen LogP contribution in [-0.4, -0.2) is 32.3 Å². The lowest BCUT2D eigenvalue weighted by Crippen LogP contribution is -2.24. The van der Waals surface area contributed by atoms with E-state index in [2.05, 4.69) is 20.8 Å². The lowest BCUT2D eigenvalue weighted by atomic mass is 10.2. The van der Waals surface area contributed by atoms with Gasteiger partial charge in [0, 0.05) is 22.0 Å². The predicted molar refractivity (Wildman–Crippen MR) is 135 cm³/mol. The summed E-state index contributed by atoms with van der Waals surface area (Å²) in [6.45, 7) is 0.0559. The highest BCUT2D eigenvalue weighted by Crippen LogP contribution is 2.31. The maximum absolute atomic E-state index is 12.9. The topological polar surface area (TPSA) is 88.9 Å². The molecule has 4 rings (SSSR count). The predicted octanol–water partition coefficient (Wildman–Crippen LogP) is 5.60. The van der Waals surface area contributed by atoms with Gasteiger partial charge in [-0.3, -0.25) is 14.2 Å². The highest BCUT2D eigenvalue weighted by atomic mass is 35.5. The molecule has 37 heavy (non-hydrogen) atoms. The first-order chi connectivity index (χ1) is 17.7. The summed E-state index contributed by atoms with van der Waals surface area (Å²) < 4.78 is 40.5. The Hall–Kier alpha value is -3.83. The first kappa shape index (κ1) is 26.2. The van der Waals surface area contributed by atoms with Gasteiger partial charge in [-0.1, -0.05) is 47.6 Å². The van der Waals surface area contributed by atoms with Crippen molar-refractivity contribution in [2.24, 2.45) is 0 Å². The van der Waals surface area contributed by atoms with Crippen molar-refractivity contribution in [1.82, 2.24) is 20.1 Å². The molecule has 12 heteroatoms. The third-order valence-electron chi connectivity index (χ3n) is 5.03. The van der Waals surface area contributed by atoms with E-state index < -0.39 is 17.6 Å². The number of carbonyl (C=O) groups excluding carboxylic acids is 2. The molecule has 4 aromatic rings. The number of thioether (sulfide) groups is 1. The van der Waals surface area contributed by atoms with E-state index in [1.54, 1.807) is 28.8 Å². The lowest BCUT2D eigenvalue weighted by molar-refractivity contribution is -0.137. The Balaban J connectivity index is 1.46. The number of rotatable bonds is 8. The minimum atomic E-state index is -4.51. The number of amides is 2. The molecule has 0 fully saturated rings. The molecule has 0 unspecified atom stereocenters. The molecular formula is C25H19ClF3N5O2S. The van der Waals surface area contributed by atoms with Gasteiger partial charge in [0.2, 0.25) is 5.91 Å². The Kier molecular flexibility index (Phi) is 8.14. The highest BCUT2D eigenvalue weighted by molar-refractivity contribution is 7.99. The zero-order chi connectivity index (χ0) is 26.4. The summed E-state index contributed by atoms with van der Waals surface area (Å²) >= 11 is 6.93. The molecule has 0 radical (unpaired) electrons. The zero-order valence-corrected chi connectivity index (χ0v) is 20.6. The van der Waals surface area contributed by atoms with Gasteiger partial charge in [-0.25, -0.2) is 0 Å². The molecule has 0 spiro atoms. The van der Waals surface area contributed by atoms with Gasteiger partial charge in [0.05, 0.1) is 17.9 Å². The summed E-state index contributed by atoms with van der Waals surface area (Å²) in [5, 5.41) is 14.5. The van der Waals surface area contributed by atoms with Crippen LogP contribution in [0.2, 0.25) is 5.02 Å². The van der Waals surface area contributed by atoms with Crippen molar-refractivity contribution in [1.29, 1.82) is 0 Å². The molecule has 1 heterocycles. The number of nitrogens with one attached hydrogen (secondary N) is 2. The number of nitrogens with zero attached hydrogens (tertiary/aromatic N) is 3. The molecular weight excluding hydrogens is 527 g/mol. The van der Waals surface area contributed by atoms with Crippen LogP contribution in [0.4, 0.5) is 18.9 Å². The number of halogens is 4. The van der Waals surface area contributed by atoms with Crippen molar-refractivity contribution >= 4 is 40.9 Å². The number of hydrogen-bond donors (Lipinski definition) is 2. The quantitative estimate of drug-likeness (QED) is 0.281. The van der Waals surface area contributed by atoms with Gasteiger partial charge in [0.15, 0.2) is 11.0 Å². The van der Waals surface area contributed by atoms with Crippen molar-refractivity contribution in [2.75, 3.05) is 11.1 Å². The van der Waals surface area contributed by atoms with Crippen LogP contribution in [0.5, 0.6) is 0 Å². The second-order valence-electron chi connectivity index (χ2n) is 7.67. The van der Waals surface area contributed by atoms with Gasteiger partial charge in [0.25, 0.3) is 5.91 Å². The molecule has 0 aliphatic heterocycles. The van der Waals surface area contributed by atoms with Crippen molar-refractivity contribution in [3.05, 3.63) is 101 Å². The van der Waals surface area contributed by atoms with Gasteiger partial charge in [-0.05, 0) is 54.6 Å². The van der Waals surface area contributed by atoms with E-state index in [4.69, 9.17) is 11.6 Å². The summed E-state index contributed by atoms with van der Waals surface area (Å²) in [6.07, 6.45) is -4.51. The van der Waals surface area contributed by atoms with E-state index in [1.807, 2.05) is 30.3 Å². The van der Waals surface area contributed by atoms with Gasteiger partial charge in [-0.2, -0.15) is 13.2 Å². The van der Waals surface area contributed by atoms with Crippen molar-refractivity contribution in [3.8, 4) is 5.69 Å². The number of para-hydroxylation sites is 1. The number of benzene rings is 3. The number of alkyl halides is 3. The molecule has 3 aromatic carbocycles. The third kappa shape index (κ3) is 6.89. The molecule has 0 saturated carbocycles. The maximum atomic E-state index is 12.9. The summed E-state index contributed by atoms with van der Waals surface area (Å²) in [5.74, 6) is -0.536. The summed E-state index contributed by atoms with van der Waals surface area (Å²) in [6, 6.07) is 20.0. The van der Waals surface area contributed by atoms with Crippen LogP contribution in [-0.2, 0) is 17.5 Å². The summed E-state index contributed by atoms with van der Waals surface area (Å²) in [5.41, 5.74) is 0.322. The lowest BCUT2D eigenvalue weighted by Gasteiger charge is -2.12. The van der Waals surface area contributed by atoms with Crippen LogP contribution < -0.4 is 10.6 Å². The monoisotopic (exact) mass is 545 g/mol. The molecule has 0 aliphatic rings. The van der Waals surface area contributed by atoms with Crippen molar-refractivity contribution in [3.63, 3.8) is 0 Å². The minimum Gasteiger partial charge on any atom is -0.345 e. The molecule has 2 N–H and O–H groups in total. The molecule has 0 aliphatic carbocycles. The fraction of sp³-hybridized carbons (Fsp3) is 0.120. The second-order valence-corrected chi connectivity index (χ2v) is 9.05. The van der Waals surface area contributed by atoms with Crippen molar-refractivity contribution in [2.45, 2.75) is 17.9 Å². The SMILES string of the molecule is O=C(CSc1nnc(CNC(=O)c2ccc(Cl)cc2)n1-c1ccccc1)Nc1cccc(C(F)(F)F)c1. The van der Waals surface area contributed by atoms with Gasteiger partial charge in [-0.15, -0.1) is 10.2 Å². The first-order valence-corrected chi connectivity index (χ1v) is 12.2. The number of anilines is 1. The number of aromatic nitrogens is 3. The van der Waals surface area contributed by atoms with Gasteiger partial charge in [0.1, 0.15) is 0 Å². The van der Waals surface area contributed by atoms with Crippen LogP contribution in [0, 0.1) is 0 Å². The smallest absolute Gasteiger partial charge is 0.345 e. The maximum Gasteiger partial charge on any atom is 0.416 e. The summed E-state index contributed by atoms with van der Waals surface area (Å²) in [7, 11) is 0. The molecule has 190 valence electrons. The van der Waals surface area contributed by atoms with Gasteiger partial charge >= 0.3 is 6.18 Å². The molecule has 0 saturated heterocycles. The average molecular weight is 546 g/mol. The normalized spacial score (nSPS) is 11.2. The third-order valence-corrected chi connectivity index (χ3v) is 6.22. The number of carbonyl (C=O) groups is 2. The standard InChI is InChI=1S/C25H19ClF3N5O2S/c26-18-11-9-16(10-12-18)23(36)30-14-21-32-33-24(34(21)20-7-2-1-3-8-20)37-15-22(35)31-19-6-4-5-17(13-19)25(27,28)29/h1-13H,14-15H2,(H,30,36)(H,31,35). The zero-order valence-electron chi connectivity index (χ0n) is 19.0. The fourth-order valence-corrected chi connectivity index (χ4v) is 4.20. The van der Waals surface area contributed by atoms with Crippen molar-refractivity contribution < 1.29 is 22.8 Å². The summed E-state index contributed by atoms with van der Waals surface area (Å²) in [4.78, 5) is 25.0. The van der Waals surface area contributed by atoms with Crippen LogP contribution in [0.3, 0.4) is 0 Å². The van der Waals surface area contributed by atoms with Crippen LogP contribution >= 0.6 is 23.4 Å². The molecule has 0 atom stereocenters. The van der Waals surface area contributed by atoms with Crippen LogP contribution in [0.1, 0.15) is 21.7 Å². The van der Waals surface area contributed by atoms with E-state index in [-0.39, 0.29) is 23.9 Å². The minimum absolute atomic E-state index is 0.0375. The Morgan fingerprint density at radius 2 is 1.68 bits per heavy atom. The van der Waals surface area contributed by atoms with E-state index in [0.29, 0.717) is 27.3 Å². The Morgan fingerprint density at radius 1 is 0.946 bits per heavy atom. The van der Waals surface area contributed by atoms with E-state index >= 15 is 0 Å². The second kappa shape index (κ2) is 11.5.